The lowest BCUT2D eigenvalue weighted by molar-refractivity contribution is -0.137. The Morgan fingerprint density at radius 2 is 0.776 bits per heavy atom. The van der Waals surface area contributed by atoms with Crippen molar-refractivity contribution in [1.82, 2.24) is 34.9 Å². The van der Waals surface area contributed by atoms with E-state index in [2.05, 4.69) is 82.8 Å². The predicted octanol–water partition coefficient (Wildman–Crippen LogP) is 15.1. The lowest BCUT2D eigenvalue weighted by atomic mass is 9.92. The minimum Gasteiger partial charge on any atom is -0.339 e. The Balaban J connectivity index is 1.24. The zero-order valence-electron chi connectivity index (χ0n) is 35.5. The monoisotopic (exact) mass is 871 g/mol. The third kappa shape index (κ3) is 5.82. The number of aromatic amines is 2. The number of aryl methyl sites for hydroxylation is 1. The summed E-state index contributed by atoms with van der Waals surface area (Å²) in [6, 6.07) is 53.4. The Kier molecular flexibility index (Phi) is 7.65. The normalized spacial score (nSPS) is 12.5. The number of hydrogen-bond acceptors (Lipinski definition) is 5. The van der Waals surface area contributed by atoms with Crippen LogP contribution >= 0.6 is 0 Å². The molecule has 316 valence electrons. The van der Waals surface area contributed by atoms with Gasteiger partial charge in [0.1, 0.15) is 16.9 Å². The van der Waals surface area contributed by atoms with Gasteiger partial charge in [0.2, 0.25) is 0 Å². The lowest BCUT2D eigenvalue weighted by Gasteiger charge is -2.13. The fourth-order valence-electron chi connectivity index (χ4n) is 10.2. The number of H-pyrrole nitrogens is 2. The van der Waals surface area contributed by atoms with E-state index in [9.17, 15) is 13.2 Å². The van der Waals surface area contributed by atoms with E-state index < -0.39 is 11.7 Å². The van der Waals surface area contributed by atoms with Crippen LogP contribution < -0.4 is 0 Å². The van der Waals surface area contributed by atoms with Gasteiger partial charge in [0.05, 0.1) is 16.8 Å². The second kappa shape index (κ2) is 13.6. The zero-order valence-corrected chi connectivity index (χ0v) is 35.5. The Labute approximate surface area is 378 Å². The highest BCUT2D eigenvalue weighted by Crippen LogP contribution is 2.47. The van der Waals surface area contributed by atoms with Crippen LogP contribution in [0.3, 0.4) is 0 Å². The highest BCUT2D eigenvalue weighted by molar-refractivity contribution is 6.18. The van der Waals surface area contributed by atoms with E-state index in [4.69, 9.17) is 24.9 Å². The molecule has 0 spiro atoms. The standard InChI is InChI=1S/C57H32F3N7/c1-29-18-38(20-39(19-29)57(58,59)60)48-49-40-21-30-10-2-4-12-32(30)23-42(40)51(61-49)63-53-44-25-34-14-6-8-16-36(34)27-46(44)55(65-53)67-56-47-28-37-17-9-7-15-35(37)26-45(47)54(66-56)64-52-43-24-33-13-5-3-11-31(33)22-41(43)50(48)62-52/h2-28H,1H3,(H2,61,62,63,64,65,66,67). The van der Waals surface area contributed by atoms with Crippen molar-refractivity contribution in [2.75, 3.05) is 0 Å². The van der Waals surface area contributed by atoms with Crippen molar-refractivity contribution in [3.8, 4) is 56.5 Å². The van der Waals surface area contributed by atoms with E-state index in [0.717, 1.165) is 86.9 Å². The molecular formula is C57H32F3N7. The summed E-state index contributed by atoms with van der Waals surface area (Å²) < 4.78 is 44.7. The average molecular weight is 872 g/mol. The highest BCUT2D eigenvalue weighted by atomic mass is 19.4. The lowest BCUT2D eigenvalue weighted by Crippen LogP contribution is -2.05. The summed E-state index contributed by atoms with van der Waals surface area (Å²) in [7, 11) is 0. The first-order valence-electron chi connectivity index (χ1n) is 22.0. The highest BCUT2D eigenvalue weighted by Gasteiger charge is 2.33. The van der Waals surface area contributed by atoms with E-state index in [1.807, 2.05) is 72.8 Å². The van der Waals surface area contributed by atoms with Gasteiger partial charge in [0, 0.05) is 49.4 Å². The Morgan fingerprint density at radius 1 is 0.388 bits per heavy atom. The van der Waals surface area contributed by atoms with Gasteiger partial charge in [-0.3, -0.25) is 0 Å². The second-order valence-electron chi connectivity index (χ2n) is 17.5. The first-order chi connectivity index (χ1) is 32.7. The molecule has 0 unspecified atom stereocenters. The van der Waals surface area contributed by atoms with Gasteiger partial charge in [0.15, 0.2) is 17.5 Å². The maximum Gasteiger partial charge on any atom is 0.416 e. The molecule has 14 rings (SSSR count). The third-order valence-corrected chi connectivity index (χ3v) is 13.3. The van der Waals surface area contributed by atoms with Gasteiger partial charge in [-0.05, 0) is 122 Å². The molecule has 5 heterocycles. The third-order valence-electron chi connectivity index (χ3n) is 13.3. The molecule has 3 aromatic heterocycles. The fourth-order valence-corrected chi connectivity index (χ4v) is 10.2. The van der Waals surface area contributed by atoms with Crippen molar-refractivity contribution in [3.63, 3.8) is 0 Å². The average Bonchev–Trinajstić information content (AvgIpc) is 4.06. The molecule has 0 radical (unpaired) electrons. The van der Waals surface area contributed by atoms with E-state index in [0.29, 0.717) is 62.3 Å². The van der Waals surface area contributed by atoms with Crippen molar-refractivity contribution in [1.29, 1.82) is 0 Å². The zero-order chi connectivity index (χ0) is 44.7. The minimum atomic E-state index is -4.61. The molecule has 10 heteroatoms. The van der Waals surface area contributed by atoms with Gasteiger partial charge in [-0.25, -0.2) is 24.9 Å². The van der Waals surface area contributed by atoms with Gasteiger partial charge in [-0.15, -0.1) is 0 Å². The van der Waals surface area contributed by atoms with Gasteiger partial charge in [-0.1, -0.05) is 103 Å². The molecule has 0 atom stereocenters. The van der Waals surface area contributed by atoms with Crippen LogP contribution in [0.25, 0.3) is 144 Å². The van der Waals surface area contributed by atoms with Crippen LogP contribution in [-0.4, -0.2) is 34.9 Å². The smallest absolute Gasteiger partial charge is 0.339 e. The summed E-state index contributed by atoms with van der Waals surface area (Å²) in [6.07, 6.45) is -4.61. The molecule has 0 saturated carbocycles. The summed E-state index contributed by atoms with van der Waals surface area (Å²) in [6.45, 7) is 1.69. The number of alkyl halides is 3. The minimum absolute atomic E-state index is 0.346. The number of hydrogen-bond donors (Lipinski definition) is 2. The number of rotatable bonds is 1. The molecule has 2 N–H and O–H groups in total. The number of nitrogens with zero attached hydrogens (tertiary/aromatic N) is 5. The van der Waals surface area contributed by atoms with Crippen LogP contribution in [0.1, 0.15) is 11.1 Å². The molecule has 8 bridgehead atoms. The van der Waals surface area contributed by atoms with E-state index >= 15 is 0 Å². The molecule has 0 saturated heterocycles. The fraction of sp³-hybridized carbons (Fsp3) is 0.0351. The molecule has 0 amide bonds. The Morgan fingerprint density at radius 3 is 1.25 bits per heavy atom. The van der Waals surface area contributed by atoms with Crippen LogP contribution in [0.5, 0.6) is 0 Å². The maximum absolute atomic E-state index is 14.9. The molecule has 9 aromatic carbocycles. The van der Waals surface area contributed by atoms with Gasteiger partial charge in [0.25, 0.3) is 0 Å². The summed E-state index contributed by atoms with van der Waals surface area (Å²) in [4.78, 5) is 34.0. The van der Waals surface area contributed by atoms with E-state index in [-0.39, 0.29) is 0 Å². The SMILES string of the molecule is Cc1cc(-c2c3nc(nc4[nH]c(nc5nc(nc6[nH]c2c2cc7ccccc7cc62)-c2cc6ccccc6cc2-5)c2cc5ccccc5cc42)-c2cc4ccccc4cc2-3)cc(C(F)(F)F)c1. The molecule has 67 heavy (non-hydrogen) atoms. The second-order valence-corrected chi connectivity index (χ2v) is 17.5. The molecule has 0 fully saturated rings. The number of benzene rings is 9. The van der Waals surface area contributed by atoms with Crippen LogP contribution in [0, 0.1) is 6.92 Å². The molecule has 12 aromatic rings. The summed E-state index contributed by atoms with van der Waals surface area (Å²) >= 11 is 0. The van der Waals surface area contributed by atoms with Crippen molar-refractivity contribution in [2.45, 2.75) is 13.1 Å². The van der Waals surface area contributed by atoms with Crippen LogP contribution in [0.4, 0.5) is 13.2 Å². The predicted molar refractivity (Wildman–Crippen MR) is 263 cm³/mol. The number of fused-ring (bicyclic) bond motifs is 24. The quantitative estimate of drug-likeness (QED) is 0.171. The summed E-state index contributed by atoms with van der Waals surface area (Å²) in [5, 5.41) is 11.2. The largest absolute Gasteiger partial charge is 0.416 e. The van der Waals surface area contributed by atoms with Gasteiger partial charge >= 0.3 is 6.18 Å². The number of aromatic nitrogens is 7. The number of halogens is 3. The van der Waals surface area contributed by atoms with Crippen LogP contribution in [-0.2, 0) is 6.18 Å². The van der Waals surface area contributed by atoms with E-state index in [1.54, 1.807) is 13.0 Å². The van der Waals surface area contributed by atoms with Crippen molar-refractivity contribution in [2.24, 2.45) is 0 Å². The van der Waals surface area contributed by atoms with E-state index in [1.165, 1.54) is 12.1 Å². The number of nitrogens with one attached hydrogen (secondary N) is 2. The molecular weight excluding hydrogens is 840 g/mol. The maximum atomic E-state index is 14.9. The van der Waals surface area contributed by atoms with Gasteiger partial charge < -0.3 is 9.97 Å². The van der Waals surface area contributed by atoms with Crippen molar-refractivity contribution >= 4 is 87.1 Å². The van der Waals surface area contributed by atoms with Crippen LogP contribution in [0.2, 0.25) is 0 Å². The van der Waals surface area contributed by atoms with Crippen molar-refractivity contribution in [3.05, 3.63) is 175 Å². The summed E-state index contributed by atoms with van der Waals surface area (Å²) in [5.41, 5.74) is 6.26. The first kappa shape index (κ1) is 37.6. The van der Waals surface area contributed by atoms with Gasteiger partial charge in [-0.2, -0.15) is 13.2 Å². The molecule has 7 nitrogen and oxygen atoms in total. The molecule has 0 aliphatic carbocycles. The summed E-state index contributed by atoms with van der Waals surface area (Å²) in [5.74, 6) is 1.33. The Hall–Kier alpha value is -8.76. The molecule has 2 aliphatic heterocycles. The first-order valence-corrected chi connectivity index (χ1v) is 22.0. The van der Waals surface area contributed by atoms with Crippen LogP contribution in [0.15, 0.2) is 164 Å². The van der Waals surface area contributed by atoms with Crippen molar-refractivity contribution < 1.29 is 13.2 Å². The molecule has 2 aliphatic rings. The topological polar surface area (TPSA) is 96.0 Å². The Bertz CT molecular complexity index is 4360.